The second-order valence-electron chi connectivity index (χ2n) is 4.47. The maximum Gasteiger partial charge on any atom is 0.227 e. The van der Waals surface area contributed by atoms with E-state index < -0.39 is 0 Å². The maximum atomic E-state index is 10.7. The third-order valence-electron chi connectivity index (χ3n) is 2.90. The molecule has 2 rings (SSSR count). The van der Waals surface area contributed by atoms with Crippen LogP contribution in [0.5, 0.6) is 0 Å². The summed E-state index contributed by atoms with van der Waals surface area (Å²) in [4.78, 5) is 10.7. The van der Waals surface area contributed by atoms with Crippen molar-refractivity contribution in [1.29, 1.82) is 0 Å². The summed E-state index contributed by atoms with van der Waals surface area (Å²) in [5, 5.41) is 0. The molecule has 0 heterocycles. The summed E-state index contributed by atoms with van der Waals surface area (Å²) in [6, 6.07) is 16.8. The van der Waals surface area contributed by atoms with Gasteiger partial charge in [-0.05, 0) is 29.2 Å². The molecule has 0 bridgehead atoms. The molecule has 1 amide bonds. The van der Waals surface area contributed by atoms with Gasteiger partial charge in [0, 0.05) is 5.75 Å². The Balaban J connectivity index is 2.18. The van der Waals surface area contributed by atoms with Crippen LogP contribution in [0.1, 0.15) is 11.1 Å². The first kappa shape index (κ1) is 13.7. The van der Waals surface area contributed by atoms with Crippen LogP contribution >= 0.6 is 11.8 Å². The lowest BCUT2D eigenvalue weighted by Crippen LogP contribution is -2.13. The van der Waals surface area contributed by atoms with Gasteiger partial charge in [-0.3, -0.25) is 4.79 Å². The van der Waals surface area contributed by atoms with Crippen LogP contribution in [0, 0.1) is 6.92 Å². The topological polar surface area (TPSA) is 43.1 Å². The van der Waals surface area contributed by atoms with Gasteiger partial charge in [-0.1, -0.05) is 48.5 Å². The molecule has 0 aliphatic carbocycles. The van der Waals surface area contributed by atoms with Crippen LogP contribution in [0.4, 0.5) is 0 Å². The molecule has 98 valence electrons. The summed E-state index contributed by atoms with van der Waals surface area (Å²) < 4.78 is 0. The second-order valence-corrected chi connectivity index (χ2v) is 5.46. The van der Waals surface area contributed by atoms with Crippen molar-refractivity contribution in [3.8, 4) is 11.1 Å². The predicted octanol–water partition coefficient (Wildman–Crippen LogP) is 3.38. The molecule has 0 atom stereocenters. The highest BCUT2D eigenvalue weighted by Gasteiger charge is 2.04. The molecule has 0 radical (unpaired) electrons. The highest BCUT2D eigenvalue weighted by molar-refractivity contribution is 7.99. The first-order chi connectivity index (χ1) is 9.16. The molecule has 0 saturated carbocycles. The molecular formula is C16H17NOS. The minimum absolute atomic E-state index is 0.264. The van der Waals surface area contributed by atoms with Crippen LogP contribution in [-0.2, 0) is 10.5 Å². The lowest BCUT2D eigenvalue weighted by atomic mass is 9.99. The summed E-state index contributed by atoms with van der Waals surface area (Å²) in [6.45, 7) is 2.11. The van der Waals surface area contributed by atoms with E-state index >= 15 is 0 Å². The molecule has 0 spiro atoms. The highest BCUT2D eigenvalue weighted by atomic mass is 32.2. The minimum Gasteiger partial charge on any atom is -0.369 e. The average Bonchev–Trinajstić information content (AvgIpc) is 2.41. The molecule has 2 N–H and O–H groups in total. The van der Waals surface area contributed by atoms with Gasteiger partial charge in [-0.15, -0.1) is 11.8 Å². The molecule has 0 fully saturated rings. The molecule has 0 aliphatic rings. The van der Waals surface area contributed by atoms with Crippen LogP contribution in [0.15, 0.2) is 48.5 Å². The van der Waals surface area contributed by atoms with Crippen molar-refractivity contribution in [3.63, 3.8) is 0 Å². The quantitative estimate of drug-likeness (QED) is 0.906. The van der Waals surface area contributed by atoms with E-state index in [2.05, 4.69) is 37.3 Å². The van der Waals surface area contributed by atoms with Crippen LogP contribution in [0.2, 0.25) is 0 Å². The Labute approximate surface area is 118 Å². The van der Waals surface area contributed by atoms with E-state index in [1.54, 1.807) is 11.8 Å². The highest BCUT2D eigenvalue weighted by Crippen LogP contribution is 2.25. The lowest BCUT2D eigenvalue weighted by Gasteiger charge is -2.09. The Kier molecular flexibility index (Phi) is 4.63. The number of benzene rings is 2. The molecule has 0 aliphatic heterocycles. The fourth-order valence-corrected chi connectivity index (χ4v) is 2.68. The fourth-order valence-electron chi connectivity index (χ4n) is 1.96. The number of thioether (sulfide) groups is 1. The van der Waals surface area contributed by atoms with Gasteiger partial charge in [0.2, 0.25) is 5.91 Å². The van der Waals surface area contributed by atoms with E-state index in [1.165, 1.54) is 22.3 Å². The van der Waals surface area contributed by atoms with Gasteiger partial charge in [-0.25, -0.2) is 0 Å². The van der Waals surface area contributed by atoms with E-state index in [4.69, 9.17) is 5.73 Å². The molecule has 2 aromatic rings. The monoisotopic (exact) mass is 271 g/mol. The SMILES string of the molecule is Cc1ccc(CSCC(N)=O)cc1-c1ccccc1. The molecule has 19 heavy (non-hydrogen) atoms. The maximum absolute atomic E-state index is 10.7. The van der Waals surface area contributed by atoms with Gasteiger partial charge >= 0.3 is 0 Å². The largest absolute Gasteiger partial charge is 0.369 e. The number of amides is 1. The molecule has 2 aromatic carbocycles. The van der Waals surface area contributed by atoms with Gasteiger partial charge in [0.1, 0.15) is 0 Å². The third-order valence-corrected chi connectivity index (χ3v) is 3.93. The summed E-state index contributed by atoms with van der Waals surface area (Å²) in [7, 11) is 0. The first-order valence-electron chi connectivity index (χ1n) is 6.18. The second kappa shape index (κ2) is 6.43. The number of hydrogen-bond donors (Lipinski definition) is 1. The third kappa shape index (κ3) is 3.86. The normalized spacial score (nSPS) is 10.4. The van der Waals surface area contributed by atoms with Crippen molar-refractivity contribution in [2.45, 2.75) is 12.7 Å². The van der Waals surface area contributed by atoms with Gasteiger partial charge < -0.3 is 5.73 Å². The number of hydrogen-bond acceptors (Lipinski definition) is 2. The van der Waals surface area contributed by atoms with Crippen LogP contribution in [0.25, 0.3) is 11.1 Å². The van der Waals surface area contributed by atoms with Crippen LogP contribution in [-0.4, -0.2) is 11.7 Å². The summed E-state index contributed by atoms with van der Waals surface area (Å²) in [5.74, 6) is 0.915. The molecule has 0 saturated heterocycles. The Hall–Kier alpha value is -1.74. The van der Waals surface area contributed by atoms with Crippen molar-refractivity contribution in [3.05, 3.63) is 59.7 Å². The number of aryl methyl sites for hydroxylation is 1. The first-order valence-corrected chi connectivity index (χ1v) is 7.33. The van der Waals surface area contributed by atoms with Crippen molar-refractivity contribution in [1.82, 2.24) is 0 Å². The van der Waals surface area contributed by atoms with Crippen molar-refractivity contribution < 1.29 is 4.79 Å². The molecule has 0 unspecified atom stereocenters. The van der Waals surface area contributed by atoms with E-state index in [-0.39, 0.29) is 5.91 Å². The number of primary amides is 1. The summed E-state index contributed by atoms with van der Waals surface area (Å²) >= 11 is 1.55. The lowest BCUT2D eigenvalue weighted by molar-refractivity contribution is -0.115. The van der Waals surface area contributed by atoms with E-state index in [0.29, 0.717) is 5.75 Å². The van der Waals surface area contributed by atoms with Crippen molar-refractivity contribution in [2.24, 2.45) is 5.73 Å². The van der Waals surface area contributed by atoms with E-state index in [9.17, 15) is 4.79 Å². The van der Waals surface area contributed by atoms with E-state index in [0.717, 1.165) is 5.75 Å². The smallest absolute Gasteiger partial charge is 0.227 e. The summed E-state index contributed by atoms with van der Waals surface area (Å²) in [6.07, 6.45) is 0. The standard InChI is InChI=1S/C16H17NOS/c1-12-7-8-13(10-19-11-16(17)18)9-15(12)14-5-3-2-4-6-14/h2-9H,10-11H2,1H3,(H2,17,18). The number of carbonyl (C=O) groups excluding carboxylic acids is 1. The zero-order valence-electron chi connectivity index (χ0n) is 10.9. The van der Waals surface area contributed by atoms with Gasteiger partial charge in [0.15, 0.2) is 0 Å². The predicted molar refractivity (Wildman–Crippen MR) is 82.0 cm³/mol. The van der Waals surface area contributed by atoms with Gasteiger partial charge in [-0.2, -0.15) is 0 Å². The van der Waals surface area contributed by atoms with Crippen molar-refractivity contribution >= 4 is 17.7 Å². The van der Waals surface area contributed by atoms with Crippen LogP contribution in [0.3, 0.4) is 0 Å². The van der Waals surface area contributed by atoms with E-state index in [1.807, 2.05) is 18.2 Å². The van der Waals surface area contributed by atoms with Gasteiger partial charge in [0.25, 0.3) is 0 Å². The van der Waals surface area contributed by atoms with Crippen LogP contribution < -0.4 is 5.73 Å². The fraction of sp³-hybridized carbons (Fsp3) is 0.188. The number of rotatable bonds is 5. The average molecular weight is 271 g/mol. The number of nitrogens with two attached hydrogens (primary N) is 1. The number of carbonyl (C=O) groups is 1. The summed E-state index contributed by atoms with van der Waals surface area (Å²) in [5.41, 5.74) is 10.1. The zero-order valence-corrected chi connectivity index (χ0v) is 11.7. The Bertz CT molecular complexity index is 566. The minimum atomic E-state index is -0.264. The Morgan fingerprint density at radius 2 is 1.89 bits per heavy atom. The zero-order chi connectivity index (χ0) is 13.7. The molecule has 0 aromatic heterocycles. The van der Waals surface area contributed by atoms with Crippen molar-refractivity contribution in [2.75, 3.05) is 5.75 Å². The molecule has 2 nitrogen and oxygen atoms in total. The van der Waals surface area contributed by atoms with Gasteiger partial charge in [0.05, 0.1) is 5.75 Å². The Morgan fingerprint density at radius 3 is 2.58 bits per heavy atom. The Morgan fingerprint density at radius 1 is 1.16 bits per heavy atom. The molecule has 3 heteroatoms. The molecular weight excluding hydrogens is 254 g/mol.